The van der Waals surface area contributed by atoms with E-state index in [2.05, 4.69) is 15.9 Å². The van der Waals surface area contributed by atoms with Gasteiger partial charge >= 0.3 is 10.1 Å². The van der Waals surface area contributed by atoms with Crippen molar-refractivity contribution in [3.63, 3.8) is 0 Å². The van der Waals surface area contributed by atoms with Gasteiger partial charge in [-0.05, 0) is 37.3 Å². The second-order valence-corrected chi connectivity index (χ2v) is 6.76. The molecule has 0 bridgehead atoms. The second-order valence-electron chi connectivity index (χ2n) is 3.93. The van der Waals surface area contributed by atoms with E-state index in [0.29, 0.717) is 4.47 Å². The monoisotopic (exact) mass is 360 g/mol. The fourth-order valence-corrected chi connectivity index (χ4v) is 3.39. The van der Waals surface area contributed by atoms with Gasteiger partial charge in [0.05, 0.1) is 5.02 Å². The molecule has 0 aliphatic heterocycles. The summed E-state index contributed by atoms with van der Waals surface area (Å²) in [6.45, 7) is 1.91. The summed E-state index contributed by atoms with van der Waals surface area (Å²) in [6.07, 6.45) is 0. The molecule has 0 N–H and O–H groups in total. The highest BCUT2D eigenvalue weighted by Gasteiger charge is 2.20. The van der Waals surface area contributed by atoms with E-state index in [-0.39, 0.29) is 15.7 Å². The van der Waals surface area contributed by atoms with E-state index in [1.54, 1.807) is 30.3 Å². The molecule has 0 fully saturated rings. The van der Waals surface area contributed by atoms with Crippen LogP contribution in [0.25, 0.3) is 0 Å². The first kappa shape index (κ1) is 14.4. The van der Waals surface area contributed by atoms with Crippen LogP contribution >= 0.6 is 27.5 Å². The maximum absolute atomic E-state index is 12.1. The molecule has 3 nitrogen and oxygen atoms in total. The lowest BCUT2D eigenvalue weighted by molar-refractivity contribution is 0.486. The van der Waals surface area contributed by atoms with Crippen molar-refractivity contribution in [2.75, 3.05) is 0 Å². The molecule has 6 heteroatoms. The summed E-state index contributed by atoms with van der Waals surface area (Å²) >= 11 is 9.13. The van der Waals surface area contributed by atoms with E-state index in [0.717, 1.165) is 5.56 Å². The predicted molar refractivity (Wildman–Crippen MR) is 78.1 cm³/mol. The first-order chi connectivity index (χ1) is 8.88. The van der Waals surface area contributed by atoms with Gasteiger partial charge in [-0.2, -0.15) is 8.42 Å². The van der Waals surface area contributed by atoms with Gasteiger partial charge < -0.3 is 4.18 Å². The summed E-state index contributed by atoms with van der Waals surface area (Å²) in [6, 6.07) is 11.2. The molecule has 100 valence electrons. The Bertz CT molecular complexity index is 696. The standard InChI is InChI=1S/C13H10BrClO3S/c1-9-2-5-11(6-3-9)18-19(16,17)13-7-4-10(14)8-12(13)15/h2-8H,1H3. The Morgan fingerprint density at radius 3 is 2.32 bits per heavy atom. The first-order valence-corrected chi connectivity index (χ1v) is 7.92. The molecule has 0 heterocycles. The zero-order chi connectivity index (χ0) is 14.0. The first-order valence-electron chi connectivity index (χ1n) is 5.35. The molecule has 0 saturated carbocycles. The molecule has 0 spiro atoms. The molecule has 2 aromatic carbocycles. The van der Waals surface area contributed by atoms with Crippen molar-refractivity contribution in [1.82, 2.24) is 0 Å². The largest absolute Gasteiger partial charge is 0.379 e. The van der Waals surface area contributed by atoms with E-state index in [1.807, 2.05) is 6.92 Å². The molecular weight excluding hydrogens is 352 g/mol. The molecule has 0 atom stereocenters. The minimum absolute atomic E-state index is 0.0575. The summed E-state index contributed by atoms with van der Waals surface area (Å²) in [7, 11) is -3.93. The van der Waals surface area contributed by atoms with E-state index in [9.17, 15) is 8.42 Å². The molecule has 0 aromatic heterocycles. The lowest BCUT2D eigenvalue weighted by atomic mass is 10.2. The maximum atomic E-state index is 12.1. The molecule has 0 unspecified atom stereocenters. The molecule has 0 radical (unpaired) electrons. The molecule has 0 aliphatic rings. The minimum atomic E-state index is -3.93. The fourth-order valence-electron chi connectivity index (χ4n) is 1.44. The van der Waals surface area contributed by atoms with Gasteiger partial charge in [-0.3, -0.25) is 0 Å². The second kappa shape index (κ2) is 5.53. The van der Waals surface area contributed by atoms with Gasteiger partial charge in [-0.25, -0.2) is 0 Å². The van der Waals surface area contributed by atoms with Crippen LogP contribution in [0.2, 0.25) is 5.02 Å². The van der Waals surface area contributed by atoms with Gasteiger partial charge in [0.2, 0.25) is 0 Å². The maximum Gasteiger partial charge on any atom is 0.340 e. The molecule has 0 aliphatic carbocycles. The Kier molecular flexibility index (Phi) is 4.18. The van der Waals surface area contributed by atoms with Crippen LogP contribution in [0.15, 0.2) is 51.8 Å². The van der Waals surface area contributed by atoms with E-state index >= 15 is 0 Å². The van der Waals surface area contributed by atoms with Crippen molar-refractivity contribution < 1.29 is 12.6 Å². The molecule has 0 saturated heterocycles. The van der Waals surface area contributed by atoms with Crippen LogP contribution in [-0.4, -0.2) is 8.42 Å². The van der Waals surface area contributed by atoms with Crippen LogP contribution < -0.4 is 4.18 Å². The number of rotatable bonds is 3. The average Bonchev–Trinajstić information content (AvgIpc) is 2.31. The van der Waals surface area contributed by atoms with Gasteiger partial charge in [-0.15, -0.1) is 0 Å². The zero-order valence-electron chi connectivity index (χ0n) is 9.93. The van der Waals surface area contributed by atoms with Crippen LogP contribution in [0.1, 0.15) is 5.56 Å². The Labute approximate surface area is 125 Å². The van der Waals surface area contributed by atoms with Gasteiger partial charge in [0.1, 0.15) is 10.6 Å². The van der Waals surface area contributed by atoms with E-state index < -0.39 is 10.1 Å². The smallest absolute Gasteiger partial charge is 0.340 e. The molecular formula is C13H10BrClO3S. The summed E-state index contributed by atoms with van der Waals surface area (Å²) in [5.41, 5.74) is 1.02. The number of hydrogen-bond donors (Lipinski definition) is 0. The zero-order valence-corrected chi connectivity index (χ0v) is 13.1. The van der Waals surface area contributed by atoms with Crippen molar-refractivity contribution in [1.29, 1.82) is 0 Å². The Balaban J connectivity index is 2.35. The van der Waals surface area contributed by atoms with Crippen LogP contribution in [-0.2, 0) is 10.1 Å². The fraction of sp³-hybridized carbons (Fsp3) is 0.0769. The average molecular weight is 362 g/mol. The number of hydrogen-bond acceptors (Lipinski definition) is 3. The van der Waals surface area contributed by atoms with Crippen molar-refractivity contribution in [2.45, 2.75) is 11.8 Å². The van der Waals surface area contributed by atoms with Crippen molar-refractivity contribution in [3.8, 4) is 5.75 Å². The quantitative estimate of drug-likeness (QED) is 0.770. The molecule has 19 heavy (non-hydrogen) atoms. The van der Waals surface area contributed by atoms with Gasteiger partial charge in [0, 0.05) is 4.47 Å². The SMILES string of the molecule is Cc1ccc(OS(=O)(=O)c2ccc(Br)cc2Cl)cc1. The summed E-state index contributed by atoms with van der Waals surface area (Å²) < 4.78 is 29.9. The van der Waals surface area contributed by atoms with Crippen molar-refractivity contribution in [3.05, 3.63) is 57.5 Å². The normalized spacial score (nSPS) is 11.3. The molecule has 2 aromatic rings. The highest BCUT2D eigenvalue weighted by Crippen LogP contribution is 2.27. The van der Waals surface area contributed by atoms with Crippen LogP contribution in [0.5, 0.6) is 5.75 Å². The third-order valence-corrected chi connectivity index (χ3v) is 4.61. The number of benzene rings is 2. The Hall–Kier alpha value is -1.04. The Morgan fingerprint density at radius 1 is 1.11 bits per heavy atom. The predicted octanol–water partition coefficient (Wildman–Crippen LogP) is 4.18. The van der Waals surface area contributed by atoms with Crippen LogP contribution in [0, 0.1) is 6.92 Å². The van der Waals surface area contributed by atoms with Gasteiger partial charge in [0.25, 0.3) is 0 Å². The van der Waals surface area contributed by atoms with Crippen molar-refractivity contribution in [2.24, 2.45) is 0 Å². The third-order valence-electron chi connectivity index (χ3n) is 2.39. The molecule has 0 amide bonds. The van der Waals surface area contributed by atoms with E-state index in [4.69, 9.17) is 15.8 Å². The topological polar surface area (TPSA) is 43.4 Å². The lowest BCUT2D eigenvalue weighted by Gasteiger charge is -2.08. The lowest BCUT2D eigenvalue weighted by Crippen LogP contribution is -2.10. The molecule has 2 rings (SSSR count). The summed E-state index contributed by atoms with van der Waals surface area (Å²) in [5.74, 6) is 0.254. The third kappa shape index (κ3) is 3.49. The van der Waals surface area contributed by atoms with Crippen molar-refractivity contribution >= 4 is 37.6 Å². The Morgan fingerprint density at radius 2 is 1.74 bits per heavy atom. The number of halogens is 2. The van der Waals surface area contributed by atoms with Crippen LogP contribution in [0.4, 0.5) is 0 Å². The number of aryl methyl sites for hydroxylation is 1. The highest BCUT2D eigenvalue weighted by molar-refractivity contribution is 9.10. The van der Waals surface area contributed by atoms with Crippen LogP contribution in [0.3, 0.4) is 0 Å². The minimum Gasteiger partial charge on any atom is -0.379 e. The van der Waals surface area contributed by atoms with E-state index in [1.165, 1.54) is 12.1 Å². The summed E-state index contributed by atoms with van der Waals surface area (Å²) in [5, 5.41) is 0.112. The van der Waals surface area contributed by atoms with Gasteiger partial charge in [-0.1, -0.05) is 45.2 Å². The summed E-state index contributed by atoms with van der Waals surface area (Å²) in [4.78, 5) is -0.0575. The highest BCUT2D eigenvalue weighted by atomic mass is 79.9. The van der Waals surface area contributed by atoms with Gasteiger partial charge in [0.15, 0.2) is 0 Å².